The molecule has 0 saturated heterocycles. The Labute approximate surface area is 196 Å². The van der Waals surface area contributed by atoms with Gasteiger partial charge >= 0.3 is 0 Å². The minimum Gasteiger partial charge on any atom is -0.327 e. The average molecular weight is 472 g/mol. The molecule has 1 atom stereocenters. The fraction of sp³-hybridized carbons (Fsp3) is 0.348. The molecule has 3 aromatic rings. The van der Waals surface area contributed by atoms with Crippen molar-refractivity contribution >= 4 is 34.1 Å². The molecule has 1 heterocycles. The van der Waals surface area contributed by atoms with Crippen LogP contribution in [0.4, 0.5) is 5.69 Å². The van der Waals surface area contributed by atoms with Crippen LogP contribution in [0, 0.1) is 17.0 Å². The SMILES string of the molecule is Cc1ccc(C(=O)N(CCN(C)C)C(C)c2nc3ccc(Cl)cc3c(=O)n2C)cc1[N+](=O)[O-]. The number of amides is 1. The van der Waals surface area contributed by atoms with Gasteiger partial charge in [0.25, 0.3) is 17.2 Å². The molecule has 1 amide bonds. The summed E-state index contributed by atoms with van der Waals surface area (Å²) in [6, 6.07) is 8.76. The average Bonchev–Trinajstić information content (AvgIpc) is 2.76. The van der Waals surface area contributed by atoms with Gasteiger partial charge in [-0.15, -0.1) is 0 Å². The lowest BCUT2D eigenvalue weighted by Gasteiger charge is -2.31. The molecule has 0 saturated carbocycles. The number of nitrogens with zero attached hydrogens (tertiary/aromatic N) is 5. The molecule has 174 valence electrons. The van der Waals surface area contributed by atoms with E-state index in [9.17, 15) is 19.7 Å². The number of carbonyl (C=O) groups is 1. The summed E-state index contributed by atoms with van der Waals surface area (Å²) in [4.78, 5) is 45.5. The molecular formula is C23H26ClN5O4. The summed E-state index contributed by atoms with van der Waals surface area (Å²) < 4.78 is 1.41. The van der Waals surface area contributed by atoms with Crippen LogP contribution in [0.5, 0.6) is 0 Å². The van der Waals surface area contributed by atoms with Crippen molar-refractivity contribution in [3.8, 4) is 0 Å². The largest absolute Gasteiger partial charge is 0.327 e. The van der Waals surface area contributed by atoms with Gasteiger partial charge in [-0.05, 0) is 52.2 Å². The molecule has 0 fully saturated rings. The molecule has 1 unspecified atom stereocenters. The highest BCUT2D eigenvalue weighted by molar-refractivity contribution is 6.31. The zero-order chi connectivity index (χ0) is 24.4. The molecule has 10 heteroatoms. The maximum absolute atomic E-state index is 13.5. The van der Waals surface area contributed by atoms with Crippen molar-refractivity contribution in [2.75, 3.05) is 27.2 Å². The Morgan fingerprint density at radius 3 is 2.55 bits per heavy atom. The molecule has 0 spiro atoms. The topological polar surface area (TPSA) is 102 Å². The Hall–Kier alpha value is -3.30. The Morgan fingerprint density at radius 1 is 1.21 bits per heavy atom. The van der Waals surface area contributed by atoms with Gasteiger partial charge < -0.3 is 9.80 Å². The van der Waals surface area contributed by atoms with Gasteiger partial charge in [0.2, 0.25) is 0 Å². The zero-order valence-electron chi connectivity index (χ0n) is 19.2. The third-order valence-electron chi connectivity index (χ3n) is 5.62. The first kappa shape index (κ1) is 24.3. The number of fused-ring (bicyclic) bond motifs is 1. The van der Waals surface area contributed by atoms with E-state index in [0.29, 0.717) is 40.4 Å². The second-order valence-corrected chi connectivity index (χ2v) is 8.67. The fourth-order valence-electron chi connectivity index (χ4n) is 3.66. The summed E-state index contributed by atoms with van der Waals surface area (Å²) in [6.45, 7) is 4.31. The normalized spacial score (nSPS) is 12.2. The van der Waals surface area contributed by atoms with E-state index >= 15 is 0 Å². The summed E-state index contributed by atoms with van der Waals surface area (Å²) >= 11 is 6.04. The number of carbonyl (C=O) groups excluding carboxylic acids is 1. The molecule has 9 nitrogen and oxygen atoms in total. The molecule has 0 aliphatic rings. The van der Waals surface area contributed by atoms with Crippen molar-refractivity contribution < 1.29 is 9.72 Å². The number of aromatic nitrogens is 2. The number of halogens is 1. The second kappa shape index (κ2) is 9.68. The van der Waals surface area contributed by atoms with Gasteiger partial charge in [-0.25, -0.2) is 4.98 Å². The summed E-state index contributed by atoms with van der Waals surface area (Å²) in [6.07, 6.45) is 0. The highest BCUT2D eigenvalue weighted by Crippen LogP contribution is 2.25. The molecule has 0 bridgehead atoms. The van der Waals surface area contributed by atoms with E-state index in [-0.39, 0.29) is 22.7 Å². The monoisotopic (exact) mass is 471 g/mol. The van der Waals surface area contributed by atoms with Crippen LogP contribution in [0.2, 0.25) is 5.02 Å². The minimum absolute atomic E-state index is 0.117. The molecule has 3 rings (SSSR count). The standard InChI is InChI=1S/C23H26ClN5O4/c1-14-6-7-16(12-20(14)29(32)33)22(30)28(11-10-26(3)4)15(2)21-25-19-9-8-17(24)13-18(19)23(31)27(21)5/h6-9,12-13,15H,10-11H2,1-5H3. The Kier molecular flexibility index (Phi) is 7.14. The maximum Gasteiger partial charge on any atom is 0.273 e. The number of likely N-dealkylation sites (N-methyl/N-ethyl adjacent to an activating group) is 1. The van der Waals surface area contributed by atoms with Gasteiger partial charge in [-0.3, -0.25) is 24.3 Å². The minimum atomic E-state index is -0.574. The van der Waals surface area contributed by atoms with Gasteiger partial charge in [-0.1, -0.05) is 17.7 Å². The van der Waals surface area contributed by atoms with Crippen LogP contribution < -0.4 is 5.56 Å². The van der Waals surface area contributed by atoms with Gasteiger partial charge in [0.05, 0.1) is 21.9 Å². The highest BCUT2D eigenvalue weighted by Gasteiger charge is 2.27. The third-order valence-corrected chi connectivity index (χ3v) is 5.85. The number of nitro benzene ring substituents is 1. The van der Waals surface area contributed by atoms with Gasteiger partial charge in [0.15, 0.2) is 0 Å². The van der Waals surface area contributed by atoms with E-state index in [1.807, 2.05) is 19.0 Å². The summed E-state index contributed by atoms with van der Waals surface area (Å²) in [5.74, 6) is 0.0291. The highest BCUT2D eigenvalue weighted by atomic mass is 35.5. The van der Waals surface area contributed by atoms with E-state index in [0.717, 1.165) is 0 Å². The number of rotatable bonds is 7. The fourth-order valence-corrected chi connectivity index (χ4v) is 3.83. The van der Waals surface area contributed by atoms with Crippen molar-refractivity contribution in [2.45, 2.75) is 19.9 Å². The predicted octanol–water partition coefficient (Wildman–Crippen LogP) is 3.57. The van der Waals surface area contributed by atoms with Crippen LogP contribution in [-0.4, -0.2) is 57.4 Å². The lowest BCUT2D eigenvalue weighted by Crippen LogP contribution is -2.40. The number of hydrogen-bond acceptors (Lipinski definition) is 6. The quantitative estimate of drug-likeness (QED) is 0.385. The Bertz CT molecular complexity index is 1290. The Morgan fingerprint density at radius 2 is 1.91 bits per heavy atom. The van der Waals surface area contributed by atoms with Gasteiger partial charge in [0.1, 0.15) is 5.82 Å². The van der Waals surface area contributed by atoms with E-state index in [4.69, 9.17) is 11.6 Å². The lowest BCUT2D eigenvalue weighted by molar-refractivity contribution is -0.385. The molecular weight excluding hydrogens is 446 g/mol. The summed E-state index contributed by atoms with van der Waals surface area (Å²) in [5, 5.41) is 12.2. The van der Waals surface area contributed by atoms with E-state index in [2.05, 4.69) is 4.98 Å². The molecule has 0 radical (unpaired) electrons. The second-order valence-electron chi connectivity index (χ2n) is 8.23. The Balaban J connectivity index is 2.09. The van der Waals surface area contributed by atoms with Crippen LogP contribution in [-0.2, 0) is 7.05 Å². The van der Waals surface area contributed by atoms with E-state index in [1.54, 1.807) is 56.1 Å². The predicted molar refractivity (Wildman–Crippen MR) is 128 cm³/mol. The van der Waals surface area contributed by atoms with Gasteiger partial charge in [-0.2, -0.15) is 0 Å². The van der Waals surface area contributed by atoms with Crippen molar-refractivity contribution in [1.29, 1.82) is 0 Å². The van der Waals surface area contributed by atoms with Crippen LogP contribution in [0.1, 0.15) is 34.7 Å². The first-order chi connectivity index (χ1) is 15.5. The van der Waals surface area contributed by atoms with Crippen LogP contribution >= 0.6 is 11.6 Å². The van der Waals surface area contributed by atoms with Crippen molar-refractivity contribution in [2.24, 2.45) is 7.05 Å². The first-order valence-electron chi connectivity index (χ1n) is 10.4. The van der Waals surface area contributed by atoms with Gasteiger partial charge in [0, 0.05) is 42.4 Å². The van der Waals surface area contributed by atoms with Crippen LogP contribution in [0.3, 0.4) is 0 Å². The van der Waals surface area contributed by atoms with Crippen LogP contribution in [0.25, 0.3) is 10.9 Å². The number of nitro groups is 1. The van der Waals surface area contributed by atoms with Crippen molar-refractivity contribution in [3.05, 3.63) is 78.8 Å². The molecule has 0 aliphatic heterocycles. The molecule has 1 aromatic heterocycles. The molecule has 0 aliphatic carbocycles. The van der Waals surface area contributed by atoms with E-state index in [1.165, 1.54) is 10.6 Å². The molecule has 33 heavy (non-hydrogen) atoms. The van der Waals surface area contributed by atoms with Crippen molar-refractivity contribution in [3.63, 3.8) is 0 Å². The summed E-state index contributed by atoms with van der Waals surface area (Å²) in [5.41, 5.74) is 0.775. The summed E-state index contributed by atoms with van der Waals surface area (Å²) in [7, 11) is 5.38. The maximum atomic E-state index is 13.5. The number of aryl methyl sites for hydroxylation is 1. The smallest absolute Gasteiger partial charge is 0.273 e. The third kappa shape index (κ3) is 5.04. The first-order valence-corrected chi connectivity index (χ1v) is 10.8. The lowest BCUT2D eigenvalue weighted by atomic mass is 10.1. The van der Waals surface area contributed by atoms with Crippen LogP contribution in [0.15, 0.2) is 41.2 Å². The zero-order valence-corrected chi connectivity index (χ0v) is 20.0. The van der Waals surface area contributed by atoms with Crippen molar-refractivity contribution in [1.82, 2.24) is 19.4 Å². The molecule has 0 N–H and O–H groups in total. The number of benzene rings is 2. The number of hydrogen-bond donors (Lipinski definition) is 0. The van der Waals surface area contributed by atoms with E-state index < -0.39 is 11.0 Å². The molecule has 2 aromatic carbocycles.